The van der Waals surface area contributed by atoms with Crippen molar-refractivity contribution in [2.45, 2.75) is 6.92 Å². The summed E-state index contributed by atoms with van der Waals surface area (Å²) in [5.41, 5.74) is 0. The smallest absolute Gasteiger partial charge is 0.331 e. The Balaban J connectivity index is 2.59. The van der Waals surface area contributed by atoms with Gasteiger partial charge in [-0.25, -0.2) is 4.79 Å². The third kappa shape index (κ3) is 3.55. The fourth-order valence-corrected chi connectivity index (χ4v) is 1.16. The number of benzene rings is 1. The van der Waals surface area contributed by atoms with Gasteiger partial charge in [0.2, 0.25) is 5.91 Å². The van der Waals surface area contributed by atoms with Crippen LogP contribution in [0.25, 0.3) is 0 Å². The van der Waals surface area contributed by atoms with E-state index < -0.39 is 5.97 Å². The van der Waals surface area contributed by atoms with Gasteiger partial charge in [0.1, 0.15) is 12.3 Å². The van der Waals surface area contributed by atoms with E-state index in [2.05, 4.69) is 0 Å². The summed E-state index contributed by atoms with van der Waals surface area (Å²) in [6.07, 6.45) is 0. The number of nitrogens with zero attached hydrogens (tertiary/aromatic N) is 1. The van der Waals surface area contributed by atoms with Crippen LogP contribution in [0.4, 0.5) is 0 Å². The molecule has 0 saturated carbocycles. The maximum absolute atomic E-state index is 11.4. The Kier molecular flexibility index (Phi) is 4.31. The van der Waals surface area contributed by atoms with E-state index in [0.717, 1.165) is 0 Å². The van der Waals surface area contributed by atoms with Gasteiger partial charge >= 0.3 is 5.97 Å². The van der Waals surface area contributed by atoms with Gasteiger partial charge in [-0.2, -0.15) is 0 Å². The number of likely N-dealkylation sites (N-methyl/N-ethyl adjacent to an activating group) is 1. The van der Waals surface area contributed by atoms with E-state index in [1.807, 2.05) is 0 Å². The zero-order chi connectivity index (χ0) is 12.1. The lowest BCUT2D eigenvalue weighted by atomic mass is 10.3. The van der Waals surface area contributed by atoms with Crippen molar-refractivity contribution in [2.75, 3.05) is 13.6 Å². The molecule has 0 fully saturated rings. The number of halogens is 1. The highest BCUT2D eigenvalue weighted by Gasteiger charge is 2.12. The summed E-state index contributed by atoms with van der Waals surface area (Å²) in [5, 5.41) is 0.362. The second-order valence-corrected chi connectivity index (χ2v) is 3.69. The maximum Gasteiger partial charge on any atom is 0.331 e. The standard InChI is InChI=1S/C11H12ClNO3/c1-8(14)13(2)7-11(15)16-10-6-4-3-5-9(10)12/h3-6H,7H2,1-2H3. The number of carbonyl (C=O) groups excluding carboxylic acids is 2. The molecule has 86 valence electrons. The van der Waals surface area contributed by atoms with E-state index in [-0.39, 0.29) is 12.5 Å². The van der Waals surface area contributed by atoms with Crippen molar-refractivity contribution in [2.24, 2.45) is 0 Å². The predicted molar refractivity (Wildman–Crippen MR) is 60.4 cm³/mol. The summed E-state index contributed by atoms with van der Waals surface area (Å²) in [5.74, 6) is -0.423. The Morgan fingerprint density at radius 2 is 2.00 bits per heavy atom. The minimum absolute atomic E-state index is 0.0967. The molecule has 0 aliphatic carbocycles. The fourth-order valence-electron chi connectivity index (χ4n) is 0.987. The molecular weight excluding hydrogens is 230 g/mol. The normalized spacial score (nSPS) is 9.69. The zero-order valence-electron chi connectivity index (χ0n) is 9.07. The van der Waals surface area contributed by atoms with Crippen LogP contribution in [0, 0.1) is 0 Å². The average Bonchev–Trinajstić information content (AvgIpc) is 2.21. The highest BCUT2D eigenvalue weighted by molar-refractivity contribution is 6.32. The van der Waals surface area contributed by atoms with Crippen molar-refractivity contribution in [1.82, 2.24) is 4.90 Å². The van der Waals surface area contributed by atoms with Crippen LogP contribution in [-0.2, 0) is 9.59 Å². The molecule has 0 heterocycles. The SMILES string of the molecule is CC(=O)N(C)CC(=O)Oc1ccccc1Cl. The highest BCUT2D eigenvalue weighted by Crippen LogP contribution is 2.23. The molecule has 0 aliphatic heterocycles. The lowest BCUT2D eigenvalue weighted by Gasteiger charge is -2.13. The van der Waals surface area contributed by atoms with Crippen LogP contribution in [0.3, 0.4) is 0 Å². The summed E-state index contributed by atoms with van der Waals surface area (Å²) in [4.78, 5) is 23.6. The van der Waals surface area contributed by atoms with Crippen molar-refractivity contribution in [3.63, 3.8) is 0 Å². The number of para-hydroxylation sites is 1. The van der Waals surface area contributed by atoms with Gasteiger partial charge in [-0.3, -0.25) is 4.79 Å². The largest absolute Gasteiger partial charge is 0.424 e. The van der Waals surface area contributed by atoms with Crippen molar-refractivity contribution in [3.05, 3.63) is 29.3 Å². The van der Waals surface area contributed by atoms with Crippen LogP contribution in [-0.4, -0.2) is 30.4 Å². The molecule has 1 amide bonds. The van der Waals surface area contributed by atoms with Gasteiger partial charge in [-0.1, -0.05) is 23.7 Å². The lowest BCUT2D eigenvalue weighted by molar-refractivity contribution is -0.140. The molecule has 0 atom stereocenters. The van der Waals surface area contributed by atoms with E-state index in [1.54, 1.807) is 24.3 Å². The number of hydrogen-bond donors (Lipinski definition) is 0. The quantitative estimate of drug-likeness (QED) is 0.598. The minimum Gasteiger partial charge on any atom is -0.424 e. The zero-order valence-corrected chi connectivity index (χ0v) is 9.82. The van der Waals surface area contributed by atoms with Crippen LogP contribution in [0.2, 0.25) is 5.02 Å². The first kappa shape index (κ1) is 12.5. The summed E-state index contributed by atoms with van der Waals surface area (Å²) in [6.45, 7) is 1.28. The molecule has 1 aromatic carbocycles. The Hall–Kier alpha value is -1.55. The number of carbonyl (C=O) groups is 2. The summed E-state index contributed by atoms with van der Waals surface area (Å²) >= 11 is 5.81. The van der Waals surface area contributed by atoms with E-state index in [0.29, 0.717) is 10.8 Å². The highest BCUT2D eigenvalue weighted by atomic mass is 35.5. The number of ether oxygens (including phenoxy) is 1. The molecule has 0 radical (unpaired) electrons. The van der Waals surface area contributed by atoms with Gasteiger partial charge in [-0.15, -0.1) is 0 Å². The first-order valence-corrected chi connectivity index (χ1v) is 5.05. The van der Waals surface area contributed by atoms with Gasteiger partial charge in [0.15, 0.2) is 0 Å². The molecule has 4 nitrogen and oxygen atoms in total. The van der Waals surface area contributed by atoms with Gasteiger partial charge in [0, 0.05) is 14.0 Å². The third-order valence-electron chi connectivity index (χ3n) is 1.96. The van der Waals surface area contributed by atoms with Crippen molar-refractivity contribution in [3.8, 4) is 5.75 Å². The summed E-state index contributed by atoms with van der Waals surface area (Å²) < 4.78 is 5.00. The van der Waals surface area contributed by atoms with E-state index >= 15 is 0 Å². The van der Waals surface area contributed by atoms with Gasteiger partial charge in [-0.05, 0) is 12.1 Å². The molecule has 0 saturated heterocycles. The molecule has 0 bridgehead atoms. The fraction of sp³-hybridized carbons (Fsp3) is 0.273. The first-order chi connectivity index (χ1) is 7.50. The molecule has 1 aromatic rings. The molecule has 0 aliphatic rings. The lowest BCUT2D eigenvalue weighted by Crippen LogP contribution is -2.32. The van der Waals surface area contributed by atoms with Crippen LogP contribution in [0.5, 0.6) is 5.75 Å². The number of rotatable bonds is 3. The number of hydrogen-bond acceptors (Lipinski definition) is 3. The minimum atomic E-state index is -0.522. The maximum atomic E-state index is 11.4. The summed E-state index contributed by atoms with van der Waals surface area (Å²) in [6, 6.07) is 6.66. The Morgan fingerprint density at radius 1 is 1.38 bits per heavy atom. The monoisotopic (exact) mass is 241 g/mol. The third-order valence-corrected chi connectivity index (χ3v) is 2.28. The molecular formula is C11H12ClNO3. The van der Waals surface area contributed by atoms with Crippen molar-refractivity contribution in [1.29, 1.82) is 0 Å². The van der Waals surface area contributed by atoms with Crippen LogP contribution in [0.15, 0.2) is 24.3 Å². The second kappa shape index (κ2) is 5.51. The van der Waals surface area contributed by atoms with E-state index in [4.69, 9.17) is 16.3 Å². The molecule has 0 spiro atoms. The number of amides is 1. The molecule has 0 N–H and O–H groups in total. The van der Waals surface area contributed by atoms with E-state index in [1.165, 1.54) is 18.9 Å². The van der Waals surface area contributed by atoms with E-state index in [9.17, 15) is 9.59 Å². The molecule has 1 rings (SSSR count). The van der Waals surface area contributed by atoms with Gasteiger partial charge < -0.3 is 9.64 Å². The summed E-state index contributed by atoms with van der Waals surface area (Å²) in [7, 11) is 1.52. The first-order valence-electron chi connectivity index (χ1n) is 4.67. The topological polar surface area (TPSA) is 46.6 Å². The molecule has 0 aromatic heterocycles. The molecule has 5 heteroatoms. The number of esters is 1. The van der Waals surface area contributed by atoms with Crippen molar-refractivity contribution >= 4 is 23.5 Å². The van der Waals surface area contributed by atoms with Gasteiger partial charge in [0.05, 0.1) is 5.02 Å². The molecule has 0 unspecified atom stereocenters. The Bertz CT molecular complexity index is 406. The van der Waals surface area contributed by atoms with Crippen LogP contribution in [0.1, 0.15) is 6.92 Å². The predicted octanol–water partition coefficient (Wildman–Crippen LogP) is 1.72. The Morgan fingerprint density at radius 3 is 2.56 bits per heavy atom. The Labute approximate surface area is 98.8 Å². The average molecular weight is 242 g/mol. The van der Waals surface area contributed by atoms with Crippen molar-refractivity contribution < 1.29 is 14.3 Å². The molecule has 16 heavy (non-hydrogen) atoms. The van der Waals surface area contributed by atoms with Crippen LogP contribution < -0.4 is 4.74 Å². The van der Waals surface area contributed by atoms with Crippen LogP contribution >= 0.6 is 11.6 Å². The van der Waals surface area contributed by atoms with Gasteiger partial charge in [0.25, 0.3) is 0 Å². The second-order valence-electron chi connectivity index (χ2n) is 3.28.